The first kappa shape index (κ1) is 23.7. The third kappa shape index (κ3) is 62.6. The summed E-state index contributed by atoms with van der Waals surface area (Å²) >= 11 is 0. The van der Waals surface area contributed by atoms with E-state index >= 15 is 0 Å². The van der Waals surface area contributed by atoms with Gasteiger partial charge in [0.15, 0.2) is 0 Å². The molecule has 0 aromatic carbocycles. The Morgan fingerprint density at radius 2 is 1.69 bits per heavy atom. The van der Waals surface area contributed by atoms with E-state index in [1.54, 1.807) is 7.05 Å². The molecular weight excluding hydrogens is 189 g/mol. The third-order valence-electron chi connectivity index (χ3n) is 0.573. The first-order valence-electron chi connectivity index (χ1n) is 3.97. The summed E-state index contributed by atoms with van der Waals surface area (Å²) < 4.78 is 0. The molecule has 0 aromatic rings. The van der Waals surface area contributed by atoms with Gasteiger partial charge < -0.3 is 10.3 Å². The van der Waals surface area contributed by atoms with E-state index in [-0.39, 0.29) is 51.4 Å². The quantitative estimate of drug-likeness (QED) is 0.282. The molecule has 3 heteroatoms. The second-order valence-corrected chi connectivity index (χ2v) is 1.79. The number of hydrogen-bond donors (Lipinski definition) is 0. The van der Waals surface area contributed by atoms with Crippen molar-refractivity contribution in [3.05, 3.63) is 29.8 Å². The van der Waals surface area contributed by atoms with Gasteiger partial charge in [0.05, 0.1) is 0 Å². The topological polar surface area (TPSA) is 23.3 Å². The first-order valence-corrected chi connectivity index (χ1v) is 3.97. The maximum atomic E-state index is 4.17. The van der Waals surface area contributed by atoms with Gasteiger partial charge in [0.1, 0.15) is 0 Å². The zero-order valence-electron chi connectivity index (χ0n) is 10.1. The van der Waals surface area contributed by atoms with Gasteiger partial charge in [-0.2, -0.15) is 6.58 Å². The Morgan fingerprint density at radius 3 is 1.69 bits per heavy atom. The Bertz CT molecular complexity index is 97.1. The molecule has 13 heavy (non-hydrogen) atoms. The molecular formula is C10H21KNO-. The maximum absolute atomic E-state index is 4.17. The average molecular weight is 210 g/mol. The summed E-state index contributed by atoms with van der Waals surface area (Å²) in [5, 5.41) is 0. The molecule has 0 aliphatic heterocycles. The van der Waals surface area contributed by atoms with Crippen molar-refractivity contribution in [3.8, 4) is 0 Å². The van der Waals surface area contributed by atoms with Crippen LogP contribution in [-0.2, 0) is 4.84 Å². The van der Waals surface area contributed by atoms with Crippen molar-refractivity contribution in [3.63, 3.8) is 0 Å². The van der Waals surface area contributed by atoms with Gasteiger partial charge in [-0.3, -0.25) is 6.08 Å². The van der Waals surface area contributed by atoms with Crippen molar-refractivity contribution in [2.45, 2.75) is 27.7 Å². The summed E-state index contributed by atoms with van der Waals surface area (Å²) in [5.41, 5.74) is 4.48. The van der Waals surface area contributed by atoms with Gasteiger partial charge in [-0.25, -0.2) is 11.6 Å². The minimum Gasteiger partial charge on any atom is -0.537 e. The Labute approximate surface area is 126 Å². The van der Waals surface area contributed by atoms with Crippen LogP contribution in [0.5, 0.6) is 0 Å². The molecule has 0 bridgehead atoms. The van der Waals surface area contributed by atoms with Crippen LogP contribution in [0.3, 0.4) is 0 Å². The summed E-state index contributed by atoms with van der Waals surface area (Å²) in [6.07, 6.45) is 4.50. The molecule has 0 atom stereocenters. The van der Waals surface area contributed by atoms with Crippen molar-refractivity contribution in [1.29, 1.82) is 0 Å². The zero-order valence-corrected chi connectivity index (χ0v) is 13.3. The third-order valence-corrected chi connectivity index (χ3v) is 0.573. The molecule has 0 heterocycles. The minimum atomic E-state index is 0. The Kier molecular flexibility index (Phi) is 53.3. The van der Waals surface area contributed by atoms with Gasteiger partial charge >= 0.3 is 51.4 Å². The van der Waals surface area contributed by atoms with E-state index in [0.717, 1.165) is 0 Å². The molecule has 0 aliphatic carbocycles. The van der Waals surface area contributed by atoms with Crippen LogP contribution in [0.4, 0.5) is 0 Å². The fraction of sp³-hybridized carbons (Fsp3) is 0.600. The van der Waals surface area contributed by atoms with Crippen LogP contribution in [0.25, 0.3) is 5.48 Å². The van der Waals surface area contributed by atoms with Gasteiger partial charge in [-0.1, -0.05) is 13.8 Å². The van der Waals surface area contributed by atoms with E-state index in [1.165, 1.54) is 12.7 Å². The maximum Gasteiger partial charge on any atom is 1.00 e. The zero-order chi connectivity index (χ0) is 10.4. The van der Waals surface area contributed by atoms with Crippen LogP contribution < -0.4 is 51.4 Å². The number of hydroxylamine groups is 1. The van der Waals surface area contributed by atoms with Crippen molar-refractivity contribution in [2.75, 3.05) is 14.2 Å². The normalized spacial score (nSPS) is 6.00. The number of allylic oxidation sites excluding steroid dienone is 3. The Morgan fingerprint density at radius 1 is 1.38 bits per heavy atom. The van der Waals surface area contributed by atoms with E-state index in [9.17, 15) is 0 Å². The second kappa shape index (κ2) is 29.2. The van der Waals surface area contributed by atoms with Gasteiger partial charge in [0.25, 0.3) is 0 Å². The van der Waals surface area contributed by atoms with Crippen LogP contribution in [0.1, 0.15) is 27.7 Å². The molecule has 2 nitrogen and oxygen atoms in total. The van der Waals surface area contributed by atoms with E-state index in [2.05, 4.69) is 23.0 Å². The standard InChI is InChI=1S/C6H9.C2H6NO.C2H6.K/c1-4-5-6(2)3;1-3-4-2;1-2;/h5H,1H2,2-3H3;1-2H3;1-2H3;/q2*-1;;+1. The van der Waals surface area contributed by atoms with Crippen molar-refractivity contribution in [1.82, 2.24) is 0 Å². The fourth-order valence-electron chi connectivity index (χ4n) is 0.204. The van der Waals surface area contributed by atoms with Crippen LogP contribution in [0.15, 0.2) is 18.2 Å². The largest absolute Gasteiger partial charge is 1.00 e. The van der Waals surface area contributed by atoms with Gasteiger partial charge in [0, 0.05) is 7.11 Å². The Balaban J connectivity index is -0.0000000512. The summed E-state index contributed by atoms with van der Waals surface area (Å²) in [7, 11) is 3.10. The van der Waals surface area contributed by atoms with E-state index in [4.69, 9.17) is 0 Å². The SMILES string of the molecule is C=[C-]C=C(C)C.CC.C[N-]OC.[K+]. The molecule has 0 spiro atoms. The molecule has 0 radical (unpaired) electrons. The van der Waals surface area contributed by atoms with Crippen molar-refractivity contribution >= 4 is 0 Å². The summed E-state index contributed by atoms with van der Waals surface area (Å²) in [6.45, 7) is 11.4. The molecule has 0 rings (SSSR count). The molecule has 0 aromatic heterocycles. The summed E-state index contributed by atoms with van der Waals surface area (Å²) in [4.78, 5) is 4.17. The van der Waals surface area contributed by atoms with Crippen molar-refractivity contribution < 1.29 is 56.2 Å². The van der Waals surface area contributed by atoms with Crippen LogP contribution in [0.2, 0.25) is 0 Å². The number of hydrogen-bond acceptors (Lipinski definition) is 1. The van der Waals surface area contributed by atoms with E-state index < -0.39 is 0 Å². The molecule has 0 saturated carbocycles. The summed E-state index contributed by atoms with van der Waals surface area (Å²) in [5.74, 6) is 0. The van der Waals surface area contributed by atoms with E-state index in [1.807, 2.05) is 33.8 Å². The number of rotatable bonds is 2. The predicted octanol–water partition coefficient (Wildman–Crippen LogP) is 0.523. The Hall–Kier alpha value is 1.04. The minimum absolute atomic E-state index is 0. The van der Waals surface area contributed by atoms with Crippen LogP contribution >= 0.6 is 0 Å². The van der Waals surface area contributed by atoms with E-state index in [0.29, 0.717) is 0 Å². The van der Waals surface area contributed by atoms with Gasteiger partial charge in [-0.05, 0) is 0 Å². The predicted molar refractivity (Wildman–Crippen MR) is 55.9 cm³/mol. The molecule has 74 valence electrons. The monoisotopic (exact) mass is 210 g/mol. The number of nitrogens with zero attached hydrogens (tertiary/aromatic N) is 1. The first-order chi connectivity index (χ1) is 5.68. The van der Waals surface area contributed by atoms with Gasteiger partial charge in [-0.15, -0.1) is 20.9 Å². The molecule has 0 N–H and O–H groups in total. The smallest absolute Gasteiger partial charge is 0.537 e. The summed E-state index contributed by atoms with van der Waals surface area (Å²) in [6, 6.07) is 0. The molecule has 0 aliphatic rings. The van der Waals surface area contributed by atoms with Crippen LogP contribution in [-0.4, -0.2) is 14.2 Å². The van der Waals surface area contributed by atoms with Crippen LogP contribution in [0, 0.1) is 6.08 Å². The molecule has 0 unspecified atom stereocenters. The van der Waals surface area contributed by atoms with Crippen molar-refractivity contribution in [2.24, 2.45) is 0 Å². The molecule has 0 saturated heterocycles. The fourth-order valence-corrected chi connectivity index (χ4v) is 0.204. The molecule has 0 fully saturated rings. The molecule has 0 amide bonds. The second-order valence-electron chi connectivity index (χ2n) is 1.79. The average Bonchev–Trinajstić information content (AvgIpc) is 2.08. The van der Waals surface area contributed by atoms with Gasteiger partial charge in [0.2, 0.25) is 0 Å².